The number of halogens is 2. The molecule has 1 aromatic heterocycles. The molecule has 0 bridgehead atoms. The number of aryl methyl sites for hydroxylation is 2. The van der Waals surface area contributed by atoms with E-state index < -0.39 is 0 Å². The van der Waals surface area contributed by atoms with Gasteiger partial charge in [0.25, 0.3) is 0 Å². The van der Waals surface area contributed by atoms with Gasteiger partial charge in [0.1, 0.15) is 5.82 Å². The first kappa shape index (κ1) is 20.6. The summed E-state index contributed by atoms with van der Waals surface area (Å²) in [5, 5.41) is 1.43. The SMILES string of the molecule is COc1ccc(CCn2c(Cc3ccc(Cl)cc3)nc3ccc(Cl)cc32)cc1OC. The van der Waals surface area contributed by atoms with Gasteiger partial charge in [0, 0.05) is 23.0 Å². The van der Waals surface area contributed by atoms with Crippen LogP contribution in [0.25, 0.3) is 11.0 Å². The second kappa shape index (κ2) is 8.99. The molecule has 0 atom stereocenters. The molecule has 154 valence electrons. The Balaban J connectivity index is 1.66. The highest BCUT2D eigenvalue weighted by molar-refractivity contribution is 6.31. The van der Waals surface area contributed by atoms with E-state index >= 15 is 0 Å². The maximum atomic E-state index is 6.28. The van der Waals surface area contributed by atoms with Crippen LogP contribution in [0.3, 0.4) is 0 Å². The van der Waals surface area contributed by atoms with Crippen LogP contribution in [-0.2, 0) is 19.4 Å². The molecule has 30 heavy (non-hydrogen) atoms. The molecule has 0 aliphatic rings. The molecule has 0 spiro atoms. The number of nitrogens with zero attached hydrogens (tertiary/aromatic N) is 2. The molecular formula is C24H22Cl2N2O2. The lowest BCUT2D eigenvalue weighted by Gasteiger charge is -2.12. The van der Waals surface area contributed by atoms with Crippen LogP contribution in [0.15, 0.2) is 60.7 Å². The fourth-order valence-electron chi connectivity index (χ4n) is 3.59. The minimum absolute atomic E-state index is 0.702. The van der Waals surface area contributed by atoms with Gasteiger partial charge in [-0.25, -0.2) is 4.98 Å². The van der Waals surface area contributed by atoms with Gasteiger partial charge in [0.2, 0.25) is 0 Å². The fraction of sp³-hybridized carbons (Fsp3) is 0.208. The number of aromatic nitrogens is 2. The lowest BCUT2D eigenvalue weighted by atomic mass is 10.1. The number of rotatable bonds is 7. The minimum atomic E-state index is 0.702. The summed E-state index contributed by atoms with van der Waals surface area (Å²) in [5.74, 6) is 2.45. The Morgan fingerprint density at radius 2 is 1.50 bits per heavy atom. The lowest BCUT2D eigenvalue weighted by Crippen LogP contribution is -2.07. The molecule has 0 saturated carbocycles. The Labute approximate surface area is 186 Å². The van der Waals surface area contributed by atoms with Gasteiger partial charge < -0.3 is 14.0 Å². The molecule has 0 aliphatic carbocycles. The van der Waals surface area contributed by atoms with Gasteiger partial charge in [-0.2, -0.15) is 0 Å². The summed E-state index contributed by atoms with van der Waals surface area (Å²) in [6, 6.07) is 19.7. The Morgan fingerprint density at radius 1 is 0.800 bits per heavy atom. The van der Waals surface area contributed by atoms with E-state index in [0.29, 0.717) is 5.02 Å². The summed E-state index contributed by atoms with van der Waals surface area (Å²) >= 11 is 12.3. The van der Waals surface area contributed by atoms with Crippen molar-refractivity contribution < 1.29 is 9.47 Å². The number of hydrogen-bond acceptors (Lipinski definition) is 3. The smallest absolute Gasteiger partial charge is 0.160 e. The van der Waals surface area contributed by atoms with Crippen LogP contribution in [0.1, 0.15) is 17.0 Å². The predicted molar refractivity (Wildman–Crippen MR) is 122 cm³/mol. The van der Waals surface area contributed by atoms with E-state index in [4.69, 9.17) is 37.7 Å². The van der Waals surface area contributed by atoms with Gasteiger partial charge in [-0.3, -0.25) is 0 Å². The molecule has 4 nitrogen and oxygen atoms in total. The van der Waals surface area contributed by atoms with Crippen molar-refractivity contribution in [2.24, 2.45) is 0 Å². The van der Waals surface area contributed by atoms with Crippen molar-refractivity contribution in [1.29, 1.82) is 0 Å². The quantitative estimate of drug-likeness (QED) is 0.343. The van der Waals surface area contributed by atoms with Crippen molar-refractivity contribution in [2.75, 3.05) is 14.2 Å². The zero-order chi connectivity index (χ0) is 21.1. The molecule has 0 radical (unpaired) electrons. The zero-order valence-electron chi connectivity index (χ0n) is 16.9. The highest BCUT2D eigenvalue weighted by atomic mass is 35.5. The van der Waals surface area contributed by atoms with E-state index in [-0.39, 0.29) is 0 Å². The monoisotopic (exact) mass is 440 g/mol. The molecule has 1 heterocycles. The van der Waals surface area contributed by atoms with E-state index in [0.717, 1.165) is 63.9 Å². The molecule has 3 aromatic carbocycles. The Kier molecular flexibility index (Phi) is 6.16. The zero-order valence-corrected chi connectivity index (χ0v) is 18.4. The third-order valence-corrected chi connectivity index (χ3v) is 5.62. The van der Waals surface area contributed by atoms with Crippen LogP contribution < -0.4 is 9.47 Å². The second-order valence-electron chi connectivity index (χ2n) is 7.06. The molecule has 0 aliphatic heterocycles. The third-order valence-electron chi connectivity index (χ3n) is 5.14. The van der Waals surface area contributed by atoms with Crippen molar-refractivity contribution in [3.8, 4) is 11.5 Å². The molecule has 4 aromatic rings. The van der Waals surface area contributed by atoms with E-state index in [1.165, 1.54) is 0 Å². The summed E-state index contributed by atoms with van der Waals surface area (Å²) in [6.07, 6.45) is 1.54. The molecule has 4 rings (SSSR count). The first-order valence-electron chi connectivity index (χ1n) is 9.67. The van der Waals surface area contributed by atoms with E-state index in [1.807, 2.05) is 54.6 Å². The van der Waals surface area contributed by atoms with Crippen LogP contribution in [-0.4, -0.2) is 23.8 Å². The van der Waals surface area contributed by atoms with Crippen molar-refractivity contribution >= 4 is 34.2 Å². The van der Waals surface area contributed by atoms with Gasteiger partial charge >= 0.3 is 0 Å². The van der Waals surface area contributed by atoms with Gasteiger partial charge in [-0.05, 0) is 60.0 Å². The molecule has 6 heteroatoms. The number of imidazole rings is 1. The molecule has 0 unspecified atom stereocenters. The van der Waals surface area contributed by atoms with E-state index in [9.17, 15) is 0 Å². The topological polar surface area (TPSA) is 36.3 Å². The third kappa shape index (κ3) is 4.40. The van der Waals surface area contributed by atoms with E-state index in [2.05, 4.69) is 10.6 Å². The number of methoxy groups -OCH3 is 2. The van der Waals surface area contributed by atoms with E-state index in [1.54, 1.807) is 14.2 Å². The van der Waals surface area contributed by atoms with Gasteiger partial charge in [0.15, 0.2) is 11.5 Å². The highest BCUT2D eigenvalue weighted by Crippen LogP contribution is 2.28. The standard InChI is InChI=1S/C24H22Cl2N2O2/c1-29-22-10-5-17(13-23(22)30-2)11-12-28-21-15-19(26)8-9-20(21)27-24(28)14-16-3-6-18(25)7-4-16/h3-10,13,15H,11-12,14H2,1-2H3. The fourth-order valence-corrected chi connectivity index (χ4v) is 3.88. The van der Waals surface area contributed by atoms with Crippen LogP contribution in [0.2, 0.25) is 10.0 Å². The molecule has 0 N–H and O–H groups in total. The Hall–Kier alpha value is -2.69. The van der Waals surface area contributed by atoms with Crippen molar-refractivity contribution in [1.82, 2.24) is 9.55 Å². The van der Waals surface area contributed by atoms with Crippen molar-refractivity contribution in [3.63, 3.8) is 0 Å². The van der Waals surface area contributed by atoms with Gasteiger partial charge in [-0.1, -0.05) is 41.4 Å². The molecule has 0 fully saturated rings. The van der Waals surface area contributed by atoms with Crippen LogP contribution >= 0.6 is 23.2 Å². The first-order chi connectivity index (χ1) is 14.6. The van der Waals surface area contributed by atoms with Gasteiger partial charge in [-0.15, -0.1) is 0 Å². The molecule has 0 saturated heterocycles. The van der Waals surface area contributed by atoms with Crippen LogP contribution in [0.4, 0.5) is 0 Å². The normalized spacial score (nSPS) is 11.1. The number of hydrogen-bond donors (Lipinski definition) is 0. The van der Waals surface area contributed by atoms with Crippen LogP contribution in [0.5, 0.6) is 11.5 Å². The van der Waals surface area contributed by atoms with Crippen LogP contribution in [0, 0.1) is 0 Å². The lowest BCUT2D eigenvalue weighted by molar-refractivity contribution is 0.354. The second-order valence-corrected chi connectivity index (χ2v) is 7.93. The maximum Gasteiger partial charge on any atom is 0.160 e. The number of fused-ring (bicyclic) bond motifs is 1. The summed E-state index contributed by atoms with van der Waals surface area (Å²) in [5.41, 5.74) is 4.30. The largest absolute Gasteiger partial charge is 0.493 e. The summed E-state index contributed by atoms with van der Waals surface area (Å²) in [4.78, 5) is 4.87. The van der Waals surface area contributed by atoms with Crippen molar-refractivity contribution in [3.05, 3.63) is 87.7 Å². The number of benzene rings is 3. The minimum Gasteiger partial charge on any atom is -0.493 e. The summed E-state index contributed by atoms with van der Waals surface area (Å²) in [7, 11) is 3.29. The first-order valence-corrected chi connectivity index (χ1v) is 10.4. The average molecular weight is 441 g/mol. The highest BCUT2D eigenvalue weighted by Gasteiger charge is 2.13. The Bertz CT molecular complexity index is 1170. The summed E-state index contributed by atoms with van der Waals surface area (Å²) in [6.45, 7) is 0.773. The van der Waals surface area contributed by atoms with Gasteiger partial charge in [0.05, 0.1) is 25.3 Å². The molecular weight excluding hydrogens is 419 g/mol. The predicted octanol–water partition coefficient (Wildman–Crippen LogP) is 6.19. The maximum absolute atomic E-state index is 6.28. The Morgan fingerprint density at radius 3 is 2.23 bits per heavy atom. The summed E-state index contributed by atoms with van der Waals surface area (Å²) < 4.78 is 13.0. The van der Waals surface area contributed by atoms with Crippen molar-refractivity contribution in [2.45, 2.75) is 19.4 Å². The average Bonchev–Trinajstić information content (AvgIpc) is 3.09. The molecule has 0 amide bonds. The number of ether oxygens (including phenoxy) is 2.